The van der Waals surface area contributed by atoms with Crippen LogP contribution in [-0.2, 0) is 17.5 Å². The number of nitrogens with two attached hydrogens (primary N) is 1. The smallest absolute Gasteiger partial charge is 0.381 e. The van der Waals surface area contributed by atoms with Gasteiger partial charge in [-0.05, 0) is 38.2 Å². The standard InChI is InChI=1S/C26H25F5N6O2S/c1-4-18(38)37-12(2)10-35(11-13(37)3)24-14-8-15(26(29,30)31)19(20-16(27)9-17(28)23(32)33-20)22-21(14)36(25(39)34-24)6-5-7-40-22/h4,8-9,12-13H,1,5-7,10-11H2,2-3H3,(H2,32,33). The molecular weight excluding hydrogens is 555 g/mol. The lowest BCUT2D eigenvalue weighted by Crippen LogP contribution is -2.58. The lowest BCUT2D eigenvalue weighted by atomic mass is 9.98. The molecule has 0 bridgehead atoms. The number of anilines is 2. The van der Waals surface area contributed by atoms with Crippen LogP contribution in [-0.4, -0.2) is 56.3 Å². The number of nitrogen functional groups attached to an aromatic ring is 1. The molecule has 1 fully saturated rings. The van der Waals surface area contributed by atoms with Crippen molar-refractivity contribution in [3.8, 4) is 11.3 Å². The average molecular weight is 581 g/mol. The van der Waals surface area contributed by atoms with Crippen LogP contribution in [0.1, 0.15) is 25.8 Å². The van der Waals surface area contributed by atoms with Gasteiger partial charge in [-0.25, -0.2) is 18.6 Å². The minimum Gasteiger partial charge on any atom is -0.381 e. The SMILES string of the molecule is C=CC(=O)N1C(C)CN(c2nc(=O)n3c4c(c(-c5nc(N)c(F)cc5F)c(C(F)(F)F)cc24)SCCC3)CC1C. The Kier molecular flexibility index (Phi) is 7.01. The van der Waals surface area contributed by atoms with Gasteiger partial charge in [-0.2, -0.15) is 18.2 Å². The first-order valence-electron chi connectivity index (χ1n) is 12.5. The first-order valence-corrected chi connectivity index (χ1v) is 13.4. The van der Waals surface area contributed by atoms with Gasteiger partial charge in [0.05, 0.1) is 11.1 Å². The molecule has 14 heteroatoms. The van der Waals surface area contributed by atoms with E-state index in [2.05, 4.69) is 16.5 Å². The third-order valence-corrected chi connectivity index (χ3v) is 8.30. The summed E-state index contributed by atoms with van der Waals surface area (Å²) in [4.78, 5) is 36.9. The number of aryl methyl sites for hydroxylation is 1. The normalized spacial score (nSPS) is 19.6. The summed E-state index contributed by atoms with van der Waals surface area (Å²) in [5.74, 6) is -3.18. The fourth-order valence-electron chi connectivity index (χ4n) is 5.53. The molecule has 8 nitrogen and oxygen atoms in total. The van der Waals surface area contributed by atoms with Crippen molar-refractivity contribution in [2.24, 2.45) is 0 Å². The number of aromatic nitrogens is 3. The van der Waals surface area contributed by atoms with Gasteiger partial charge in [0.2, 0.25) is 5.91 Å². The Bertz CT molecular complexity index is 1600. The van der Waals surface area contributed by atoms with Gasteiger partial charge in [-0.3, -0.25) is 9.36 Å². The Morgan fingerprint density at radius 1 is 1.15 bits per heavy atom. The van der Waals surface area contributed by atoms with Gasteiger partial charge in [0.15, 0.2) is 17.5 Å². The van der Waals surface area contributed by atoms with E-state index in [9.17, 15) is 27.2 Å². The number of nitrogens with zero attached hydrogens (tertiary/aromatic N) is 5. The van der Waals surface area contributed by atoms with Crippen molar-refractivity contribution in [1.29, 1.82) is 0 Å². The van der Waals surface area contributed by atoms with E-state index in [-0.39, 0.29) is 59.2 Å². The maximum Gasteiger partial charge on any atom is 0.417 e. The minimum absolute atomic E-state index is 0.0120. The van der Waals surface area contributed by atoms with E-state index in [1.165, 1.54) is 10.6 Å². The van der Waals surface area contributed by atoms with Crippen molar-refractivity contribution in [3.63, 3.8) is 0 Å². The Hall–Kier alpha value is -3.68. The van der Waals surface area contributed by atoms with Crippen molar-refractivity contribution in [3.05, 3.63) is 52.5 Å². The molecule has 212 valence electrons. The number of benzene rings is 1. The molecule has 0 spiro atoms. The zero-order valence-electron chi connectivity index (χ0n) is 21.6. The number of hydrogen-bond donors (Lipinski definition) is 1. The first kappa shape index (κ1) is 27.9. The van der Waals surface area contributed by atoms with E-state index < -0.39 is 46.1 Å². The third kappa shape index (κ3) is 4.57. The molecule has 2 N–H and O–H groups in total. The topological polar surface area (TPSA) is 97.4 Å². The number of amides is 1. The van der Waals surface area contributed by atoms with E-state index in [1.54, 1.807) is 23.6 Å². The van der Waals surface area contributed by atoms with Crippen LogP contribution in [0.3, 0.4) is 0 Å². The highest BCUT2D eigenvalue weighted by molar-refractivity contribution is 7.99. The summed E-state index contributed by atoms with van der Waals surface area (Å²) in [5.41, 5.74) is 2.45. The number of piperazine rings is 1. The summed E-state index contributed by atoms with van der Waals surface area (Å²) < 4.78 is 74.2. The molecule has 0 saturated carbocycles. The second-order valence-electron chi connectivity index (χ2n) is 9.83. The van der Waals surface area contributed by atoms with Crippen molar-refractivity contribution >= 4 is 40.2 Å². The number of thioether (sulfide) groups is 1. The van der Waals surface area contributed by atoms with E-state index in [1.807, 2.05) is 0 Å². The Balaban J connectivity index is 1.83. The number of alkyl halides is 3. The van der Waals surface area contributed by atoms with Crippen LogP contribution in [0.15, 0.2) is 34.5 Å². The third-order valence-electron chi connectivity index (χ3n) is 7.12. The van der Waals surface area contributed by atoms with E-state index >= 15 is 4.39 Å². The molecule has 1 amide bonds. The molecule has 5 rings (SSSR count). The summed E-state index contributed by atoms with van der Waals surface area (Å²) in [6.45, 7) is 7.69. The van der Waals surface area contributed by atoms with Gasteiger partial charge in [0.1, 0.15) is 11.5 Å². The molecular formula is C26H25F5N6O2S. The van der Waals surface area contributed by atoms with Crippen molar-refractivity contribution in [2.45, 2.75) is 50.0 Å². The van der Waals surface area contributed by atoms with Gasteiger partial charge in [0.25, 0.3) is 0 Å². The Morgan fingerprint density at radius 2 is 1.82 bits per heavy atom. The predicted octanol–water partition coefficient (Wildman–Crippen LogP) is 4.45. The van der Waals surface area contributed by atoms with Crippen LogP contribution in [0.2, 0.25) is 0 Å². The zero-order valence-corrected chi connectivity index (χ0v) is 22.4. The highest BCUT2D eigenvalue weighted by Crippen LogP contribution is 2.48. The number of carbonyl (C=O) groups is 1. The van der Waals surface area contributed by atoms with Crippen molar-refractivity contribution < 1.29 is 26.7 Å². The zero-order chi connectivity index (χ0) is 29.1. The molecule has 1 aromatic carbocycles. The molecule has 3 aromatic rings. The van der Waals surface area contributed by atoms with Gasteiger partial charge < -0.3 is 15.5 Å². The van der Waals surface area contributed by atoms with E-state index in [0.717, 1.165) is 17.8 Å². The molecule has 2 atom stereocenters. The number of pyridine rings is 1. The molecule has 2 aliphatic rings. The van der Waals surface area contributed by atoms with E-state index in [4.69, 9.17) is 5.73 Å². The number of rotatable bonds is 3. The predicted molar refractivity (Wildman–Crippen MR) is 142 cm³/mol. The fraction of sp³-hybridized carbons (Fsp3) is 0.385. The monoisotopic (exact) mass is 580 g/mol. The summed E-state index contributed by atoms with van der Waals surface area (Å²) in [6, 6.07) is 0.517. The largest absolute Gasteiger partial charge is 0.417 e. The molecule has 40 heavy (non-hydrogen) atoms. The maximum absolute atomic E-state index is 15.0. The minimum atomic E-state index is -4.97. The molecule has 2 aliphatic heterocycles. The molecule has 2 unspecified atom stereocenters. The van der Waals surface area contributed by atoms with Gasteiger partial charge >= 0.3 is 11.9 Å². The molecule has 0 radical (unpaired) electrons. The van der Waals surface area contributed by atoms with Crippen LogP contribution in [0.5, 0.6) is 0 Å². The van der Waals surface area contributed by atoms with Crippen LogP contribution in [0.25, 0.3) is 22.2 Å². The summed E-state index contributed by atoms with van der Waals surface area (Å²) >= 11 is 1.03. The summed E-state index contributed by atoms with van der Waals surface area (Å²) in [6.07, 6.45) is -3.34. The number of carbonyl (C=O) groups excluding carboxylic acids is 1. The Labute approximate surface area is 229 Å². The van der Waals surface area contributed by atoms with Crippen LogP contribution >= 0.6 is 11.8 Å². The fourth-order valence-corrected chi connectivity index (χ4v) is 6.71. The quantitative estimate of drug-likeness (QED) is 0.361. The van der Waals surface area contributed by atoms with Crippen LogP contribution < -0.4 is 16.3 Å². The molecule has 0 aliphatic carbocycles. The van der Waals surface area contributed by atoms with Crippen LogP contribution in [0, 0.1) is 11.6 Å². The van der Waals surface area contributed by atoms with Gasteiger partial charge in [-0.1, -0.05) is 6.58 Å². The molecule has 1 saturated heterocycles. The highest BCUT2D eigenvalue weighted by atomic mass is 32.2. The number of hydrogen-bond acceptors (Lipinski definition) is 7. The highest BCUT2D eigenvalue weighted by Gasteiger charge is 2.40. The summed E-state index contributed by atoms with van der Waals surface area (Å²) in [7, 11) is 0. The molecule has 2 aromatic heterocycles. The lowest BCUT2D eigenvalue weighted by Gasteiger charge is -2.44. The second-order valence-corrected chi connectivity index (χ2v) is 10.9. The summed E-state index contributed by atoms with van der Waals surface area (Å²) in [5, 5.41) is 0.0541. The number of halogens is 5. The second kappa shape index (κ2) is 10.1. The van der Waals surface area contributed by atoms with Gasteiger partial charge in [-0.15, -0.1) is 11.8 Å². The van der Waals surface area contributed by atoms with Crippen molar-refractivity contribution in [1.82, 2.24) is 19.4 Å². The van der Waals surface area contributed by atoms with E-state index in [0.29, 0.717) is 18.2 Å². The lowest BCUT2D eigenvalue weighted by molar-refractivity contribution is -0.137. The van der Waals surface area contributed by atoms with Gasteiger partial charge in [0, 0.05) is 53.6 Å². The van der Waals surface area contributed by atoms with Crippen LogP contribution in [0.4, 0.5) is 33.6 Å². The average Bonchev–Trinajstić information content (AvgIpc) is 3.11. The Morgan fingerprint density at radius 3 is 2.45 bits per heavy atom. The molecule has 4 heterocycles. The first-order chi connectivity index (χ1) is 18.8. The maximum atomic E-state index is 15.0. The van der Waals surface area contributed by atoms with Crippen molar-refractivity contribution in [2.75, 3.05) is 29.5 Å².